The van der Waals surface area contributed by atoms with Crippen LogP contribution in [0.15, 0.2) is 18.3 Å². The van der Waals surface area contributed by atoms with Gasteiger partial charge in [-0.2, -0.15) is 0 Å². The van der Waals surface area contributed by atoms with Crippen molar-refractivity contribution in [2.45, 2.75) is 20.3 Å². The molecule has 0 spiro atoms. The smallest absolute Gasteiger partial charge is 0.228 e. The Bertz CT molecular complexity index is 453. The quantitative estimate of drug-likeness (QED) is 0.875. The molecule has 18 heavy (non-hydrogen) atoms. The van der Waals surface area contributed by atoms with Crippen LogP contribution in [0.25, 0.3) is 6.08 Å². The highest BCUT2D eigenvalue weighted by molar-refractivity contribution is 5.83. The maximum absolute atomic E-state index is 11.4. The summed E-state index contributed by atoms with van der Waals surface area (Å²) in [5.74, 6) is 1.28. The van der Waals surface area contributed by atoms with Gasteiger partial charge in [0.25, 0.3) is 0 Å². The van der Waals surface area contributed by atoms with Gasteiger partial charge < -0.3 is 14.8 Å². The molecule has 0 unspecified atom stereocenters. The lowest BCUT2D eigenvalue weighted by Gasteiger charge is -2.11. The van der Waals surface area contributed by atoms with Crippen LogP contribution in [0.2, 0.25) is 0 Å². The van der Waals surface area contributed by atoms with Gasteiger partial charge >= 0.3 is 0 Å². The molecule has 1 N–H and O–H groups in total. The minimum Gasteiger partial charge on any atom is -0.493 e. The van der Waals surface area contributed by atoms with Crippen molar-refractivity contribution in [3.05, 3.63) is 29.5 Å². The van der Waals surface area contributed by atoms with Gasteiger partial charge in [0.15, 0.2) is 11.5 Å². The van der Waals surface area contributed by atoms with Crippen molar-refractivity contribution in [2.24, 2.45) is 0 Å². The van der Waals surface area contributed by atoms with E-state index in [1.165, 1.54) is 0 Å². The highest BCUT2D eigenvalue weighted by Gasteiger charge is 2.14. The summed E-state index contributed by atoms with van der Waals surface area (Å²) in [6, 6.07) is 3.70. The Morgan fingerprint density at radius 2 is 1.72 bits per heavy atom. The summed E-state index contributed by atoms with van der Waals surface area (Å²) >= 11 is 0. The molecular formula is C14H19NO3. The zero-order valence-corrected chi connectivity index (χ0v) is 11.2. The molecule has 0 aromatic heterocycles. The van der Waals surface area contributed by atoms with Crippen molar-refractivity contribution in [3.63, 3.8) is 0 Å². The SMILES string of the molecule is CC.COc1cc2c(cc1OC)CC(=O)NC=C2. The van der Waals surface area contributed by atoms with Crippen molar-refractivity contribution in [1.82, 2.24) is 5.32 Å². The predicted octanol–water partition coefficient (Wildman–Crippen LogP) is 2.37. The monoisotopic (exact) mass is 249 g/mol. The lowest BCUT2D eigenvalue weighted by atomic mass is 10.0. The Morgan fingerprint density at radius 3 is 2.33 bits per heavy atom. The van der Waals surface area contributed by atoms with Gasteiger partial charge in [0.05, 0.1) is 20.6 Å². The molecule has 0 saturated heterocycles. The Balaban J connectivity index is 0.000000771. The number of ether oxygens (including phenoxy) is 2. The summed E-state index contributed by atoms with van der Waals surface area (Å²) in [5.41, 5.74) is 1.90. The van der Waals surface area contributed by atoms with E-state index < -0.39 is 0 Å². The first-order valence-corrected chi connectivity index (χ1v) is 5.95. The van der Waals surface area contributed by atoms with E-state index >= 15 is 0 Å². The second kappa shape index (κ2) is 6.69. The fraction of sp³-hybridized carbons (Fsp3) is 0.357. The fourth-order valence-corrected chi connectivity index (χ4v) is 1.69. The number of carbonyl (C=O) groups is 1. The van der Waals surface area contributed by atoms with E-state index in [4.69, 9.17) is 9.47 Å². The van der Waals surface area contributed by atoms with Crippen LogP contribution in [-0.2, 0) is 11.2 Å². The number of methoxy groups -OCH3 is 2. The second-order valence-electron chi connectivity index (χ2n) is 3.48. The summed E-state index contributed by atoms with van der Waals surface area (Å²) < 4.78 is 10.4. The van der Waals surface area contributed by atoms with E-state index in [1.54, 1.807) is 20.4 Å². The van der Waals surface area contributed by atoms with Gasteiger partial charge in [-0.3, -0.25) is 4.79 Å². The van der Waals surface area contributed by atoms with Gasteiger partial charge in [0.1, 0.15) is 0 Å². The van der Waals surface area contributed by atoms with Crippen molar-refractivity contribution in [1.29, 1.82) is 0 Å². The highest BCUT2D eigenvalue weighted by Crippen LogP contribution is 2.31. The first-order valence-electron chi connectivity index (χ1n) is 5.95. The second-order valence-corrected chi connectivity index (χ2v) is 3.48. The zero-order valence-electron chi connectivity index (χ0n) is 11.2. The van der Waals surface area contributed by atoms with Gasteiger partial charge in [-0.15, -0.1) is 0 Å². The minimum absolute atomic E-state index is 0.0257. The van der Waals surface area contributed by atoms with E-state index in [1.807, 2.05) is 32.1 Å². The van der Waals surface area contributed by atoms with Gasteiger partial charge in [-0.05, 0) is 29.3 Å². The van der Waals surface area contributed by atoms with E-state index in [0.29, 0.717) is 17.9 Å². The van der Waals surface area contributed by atoms with Crippen LogP contribution in [0.5, 0.6) is 11.5 Å². The Kier molecular flexibility index (Phi) is 5.24. The molecule has 4 heteroatoms. The fourth-order valence-electron chi connectivity index (χ4n) is 1.69. The van der Waals surface area contributed by atoms with Crippen LogP contribution >= 0.6 is 0 Å². The van der Waals surface area contributed by atoms with E-state index in [2.05, 4.69) is 5.32 Å². The average Bonchev–Trinajstić information content (AvgIpc) is 2.59. The first-order chi connectivity index (χ1) is 8.74. The number of fused-ring (bicyclic) bond motifs is 1. The molecule has 0 radical (unpaired) electrons. The summed E-state index contributed by atoms with van der Waals surface area (Å²) in [7, 11) is 3.17. The number of amides is 1. The van der Waals surface area contributed by atoms with Gasteiger partial charge in [0.2, 0.25) is 5.91 Å². The van der Waals surface area contributed by atoms with E-state index in [0.717, 1.165) is 11.1 Å². The molecular weight excluding hydrogens is 230 g/mol. The van der Waals surface area contributed by atoms with Crippen LogP contribution < -0.4 is 14.8 Å². The largest absolute Gasteiger partial charge is 0.493 e. The van der Waals surface area contributed by atoms with Crippen LogP contribution in [0, 0.1) is 0 Å². The number of hydrogen-bond acceptors (Lipinski definition) is 3. The number of benzene rings is 1. The molecule has 1 heterocycles. The Hall–Kier alpha value is -1.97. The Labute approximate surface area is 108 Å². The normalized spacial score (nSPS) is 12.6. The average molecular weight is 249 g/mol. The molecule has 1 amide bonds. The molecule has 0 fully saturated rings. The molecule has 0 saturated carbocycles. The van der Waals surface area contributed by atoms with Crippen LogP contribution in [0.4, 0.5) is 0 Å². The molecule has 0 atom stereocenters. The molecule has 0 bridgehead atoms. The summed E-state index contributed by atoms with van der Waals surface area (Å²) in [4.78, 5) is 11.4. The number of rotatable bonds is 2. The predicted molar refractivity (Wildman–Crippen MR) is 71.8 cm³/mol. The maximum atomic E-state index is 11.4. The number of hydrogen-bond donors (Lipinski definition) is 1. The standard InChI is InChI=1S/C12H13NO3.C2H6/c1-15-10-5-8-3-4-13-12(14)7-9(8)6-11(10)16-2;1-2/h3-6H,7H2,1-2H3,(H,13,14);1-2H3. The van der Waals surface area contributed by atoms with Crippen LogP contribution in [0.3, 0.4) is 0 Å². The lowest BCUT2D eigenvalue weighted by molar-refractivity contribution is -0.119. The zero-order chi connectivity index (χ0) is 13.5. The van der Waals surface area contributed by atoms with Crippen LogP contribution in [0.1, 0.15) is 25.0 Å². The van der Waals surface area contributed by atoms with Gasteiger partial charge in [-0.1, -0.05) is 13.8 Å². The van der Waals surface area contributed by atoms with E-state index in [9.17, 15) is 4.79 Å². The topological polar surface area (TPSA) is 47.6 Å². The molecule has 98 valence electrons. The van der Waals surface area contributed by atoms with Crippen LogP contribution in [-0.4, -0.2) is 20.1 Å². The maximum Gasteiger partial charge on any atom is 0.228 e. The van der Waals surface area contributed by atoms with Crippen molar-refractivity contribution < 1.29 is 14.3 Å². The van der Waals surface area contributed by atoms with Crippen molar-refractivity contribution in [3.8, 4) is 11.5 Å². The summed E-state index contributed by atoms with van der Waals surface area (Å²) in [5, 5.41) is 2.67. The third-order valence-electron chi connectivity index (χ3n) is 2.50. The molecule has 1 aromatic carbocycles. The van der Waals surface area contributed by atoms with E-state index in [-0.39, 0.29) is 5.91 Å². The summed E-state index contributed by atoms with van der Waals surface area (Å²) in [6.45, 7) is 4.00. The molecule has 2 rings (SSSR count). The molecule has 4 nitrogen and oxygen atoms in total. The van der Waals surface area contributed by atoms with Crippen molar-refractivity contribution >= 4 is 12.0 Å². The third-order valence-corrected chi connectivity index (χ3v) is 2.50. The summed E-state index contributed by atoms with van der Waals surface area (Å²) in [6.07, 6.45) is 3.84. The minimum atomic E-state index is -0.0257. The first kappa shape index (κ1) is 14.1. The highest BCUT2D eigenvalue weighted by atomic mass is 16.5. The molecule has 0 aliphatic carbocycles. The van der Waals surface area contributed by atoms with Gasteiger partial charge in [0, 0.05) is 6.20 Å². The third kappa shape index (κ3) is 3.03. The molecule has 1 aliphatic rings. The van der Waals surface area contributed by atoms with Crippen molar-refractivity contribution in [2.75, 3.05) is 14.2 Å². The number of nitrogens with one attached hydrogen (secondary N) is 1. The Morgan fingerprint density at radius 1 is 1.11 bits per heavy atom. The lowest BCUT2D eigenvalue weighted by Crippen LogP contribution is -2.17. The number of carbonyl (C=O) groups excluding carboxylic acids is 1. The molecule has 1 aromatic rings. The van der Waals surface area contributed by atoms with Gasteiger partial charge in [-0.25, -0.2) is 0 Å². The molecule has 1 aliphatic heterocycles.